The smallest absolute Gasteiger partial charge is 0.245 e. The van der Waals surface area contributed by atoms with Crippen LogP contribution in [-0.4, -0.2) is 20.0 Å². The molecule has 0 radical (unpaired) electrons. The molecule has 2 aromatic carbocycles. The second kappa shape index (κ2) is 6.41. The van der Waals surface area contributed by atoms with Crippen LogP contribution in [0.1, 0.15) is 17.2 Å². The molecule has 0 saturated heterocycles. The molecule has 0 aliphatic carbocycles. The van der Waals surface area contributed by atoms with E-state index in [0.717, 1.165) is 22.5 Å². The molecule has 4 heteroatoms. The summed E-state index contributed by atoms with van der Waals surface area (Å²) in [6.07, 6.45) is 0. The Balaban J connectivity index is 2.15. The van der Waals surface area contributed by atoms with Crippen LogP contribution in [0.5, 0.6) is 0 Å². The lowest BCUT2D eigenvalue weighted by Crippen LogP contribution is -2.27. The predicted octanol–water partition coefficient (Wildman–Crippen LogP) is 2.70. The number of carbonyl (C=O) groups is 1. The van der Waals surface area contributed by atoms with Crippen molar-refractivity contribution in [1.82, 2.24) is 0 Å². The summed E-state index contributed by atoms with van der Waals surface area (Å²) in [5, 5.41) is 2.87. The van der Waals surface area contributed by atoms with Gasteiger partial charge >= 0.3 is 0 Å². The molecule has 3 N–H and O–H groups in total. The molecule has 0 aliphatic rings. The van der Waals surface area contributed by atoms with Crippen LogP contribution in [0.2, 0.25) is 0 Å². The van der Waals surface area contributed by atoms with E-state index in [4.69, 9.17) is 5.73 Å². The van der Waals surface area contributed by atoms with Gasteiger partial charge in [-0.25, -0.2) is 0 Å². The fourth-order valence-corrected chi connectivity index (χ4v) is 2.20. The highest BCUT2D eigenvalue weighted by atomic mass is 16.2. The van der Waals surface area contributed by atoms with Crippen molar-refractivity contribution in [2.75, 3.05) is 24.3 Å². The fourth-order valence-electron chi connectivity index (χ4n) is 2.20. The number of anilines is 2. The van der Waals surface area contributed by atoms with Gasteiger partial charge in [0.15, 0.2) is 0 Å². The summed E-state index contributed by atoms with van der Waals surface area (Å²) < 4.78 is 0. The maximum atomic E-state index is 12.2. The quantitative estimate of drug-likeness (QED) is 0.907. The lowest BCUT2D eigenvalue weighted by molar-refractivity contribution is -0.117. The van der Waals surface area contributed by atoms with Crippen molar-refractivity contribution < 1.29 is 4.79 Å². The summed E-state index contributed by atoms with van der Waals surface area (Å²) in [7, 11) is 3.95. The van der Waals surface area contributed by atoms with Gasteiger partial charge in [-0.05, 0) is 30.2 Å². The highest BCUT2D eigenvalue weighted by Gasteiger charge is 2.15. The minimum atomic E-state index is -0.671. The van der Waals surface area contributed by atoms with Crippen molar-refractivity contribution in [3.63, 3.8) is 0 Å². The highest BCUT2D eigenvalue weighted by molar-refractivity contribution is 5.95. The molecule has 0 aromatic heterocycles. The Bertz CT molecular complexity index is 623. The van der Waals surface area contributed by atoms with Crippen molar-refractivity contribution in [1.29, 1.82) is 0 Å². The number of nitrogens with one attached hydrogen (secondary N) is 1. The van der Waals surface area contributed by atoms with Crippen molar-refractivity contribution in [2.45, 2.75) is 13.0 Å². The minimum absolute atomic E-state index is 0.213. The van der Waals surface area contributed by atoms with Gasteiger partial charge in [0.25, 0.3) is 0 Å². The topological polar surface area (TPSA) is 58.4 Å². The third-order valence-electron chi connectivity index (χ3n) is 3.40. The first-order valence-electron chi connectivity index (χ1n) is 6.88. The van der Waals surface area contributed by atoms with Crippen molar-refractivity contribution >= 4 is 17.3 Å². The summed E-state index contributed by atoms with van der Waals surface area (Å²) in [4.78, 5) is 14.2. The molecule has 0 heterocycles. The summed E-state index contributed by atoms with van der Waals surface area (Å²) >= 11 is 0. The molecule has 110 valence electrons. The number of hydrogen-bond donors (Lipinski definition) is 2. The van der Waals surface area contributed by atoms with Crippen molar-refractivity contribution in [3.8, 4) is 0 Å². The van der Waals surface area contributed by atoms with Gasteiger partial charge in [0.05, 0.1) is 0 Å². The number of amides is 1. The SMILES string of the molecule is Cc1ccc(NC(=O)[C@H](N)c2ccccc2)cc1N(C)C. The molecule has 0 fully saturated rings. The summed E-state index contributed by atoms with van der Waals surface area (Å²) in [6, 6.07) is 14.5. The van der Waals surface area contributed by atoms with Gasteiger partial charge in [-0.1, -0.05) is 36.4 Å². The van der Waals surface area contributed by atoms with E-state index < -0.39 is 6.04 Å². The first-order chi connectivity index (χ1) is 9.99. The summed E-state index contributed by atoms with van der Waals surface area (Å²) in [5.74, 6) is -0.213. The number of benzene rings is 2. The minimum Gasteiger partial charge on any atom is -0.377 e. The van der Waals surface area contributed by atoms with Gasteiger partial charge in [-0.15, -0.1) is 0 Å². The second-order valence-corrected chi connectivity index (χ2v) is 5.27. The standard InChI is InChI=1S/C17H21N3O/c1-12-9-10-14(11-15(12)20(2)3)19-17(21)16(18)13-7-5-4-6-8-13/h4-11,16H,18H2,1-3H3,(H,19,21)/t16-/m1/s1. The Morgan fingerprint density at radius 3 is 2.43 bits per heavy atom. The monoisotopic (exact) mass is 283 g/mol. The Hall–Kier alpha value is -2.33. The molecule has 4 nitrogen and oxygen atoms in total. The van der Waals surface area contributed by atoms with E-state index in [-0.39, 0.29) is 5.91 Å². The maximum absolute atomic E-state index is 12.2. The fraction of sp³-hybridized carbons (Fsp3) is 0.235. The molecule has 2 aromatic rings. The second-order valence-electron chi connectivity index (χ2n) is 5.27. The Labute approximate surface area is 125 Å². The third-order valence-corrected chi connectivity index (χ3v) is 3.40. The molecular weight excluding hydrogens is 262 g/mol. The Kier molecular flexibility index (Phi) is 4.60. The van der Waals surface area contributed by atoms with Gasteiger partial charge in [-0.2, -0.15) is 0 Å². The van der Waals surface area contributed by atoms with Gasteiger partial charge in [-0.3, -0.25) is 4.79 Å². The van der Waals surface area contributed by atoms with Crippen LogP contribution in [0.25, 0.3) is 0 Å². The van der Waals surface area contributed by atoms with E-state index in [9.17, 15) is 4.79 Å². The zero-order valence-electron chi connectivity index (χ0n) is 12.6. The zero-order valence-corrected chi connectivity index (χ0v) is 12.6. The lowest BCUT2D eigenvalue weighted by atomic mass is 10.1. The number of hydrogen-bond acceptors (Lipinski definition) is 3. The van der Waals surface area contributed by atoms with E-state index in [2.05, 4.69) is 5.32 Å². The molecule has 21 heavy (non-hydrogen) atoms. The molecule has 2 rings (SSSR count). The van der Waals surface area contributed by atoms with Crippen LogP contribution in [0, 0.1) is 6.92 Å². The average Bonchev–Trinajstić information content (AvgIpc) is 2.49. The number of carbonyl (C=O) groups excluding carboxylic acids is 1. The van der Waals surface area contributed by atoms with Crippen molar-refractivity contribution in [3.05, 3.63) is 59.7 Å². The highest BCUT2D eigenvalue weighted by Crippen LogP contribution is 2.23. The average molecular weight is 283 g/mol. The Morgan fingerprint density at radius 1 is 1.14 bits per heavy atom. The van der Waals surface area contributed by atoms with E-state index >= 15 is 0 Å². The summed E-state index contributed by atoms with van der Waals surface area (Å²) in [5.41, 5.74) is 9.77. The first-order valence-corrected chi connectivity index (χ1v) is 6.88. The van der Waals surface area contributed by atoms with Gasteiger partial charge < -0.3 is 16.0 Å². The molecule has 0 unspecified atom stereocenters. The summed E-state index contributed by atoms with van der Waals surface area (Å²) in [6.45, 7) is 2.04. The van der Waals surface area contributed by atoms with E-state index in [1.165, 1.54) is 0 Å². The number of aryl methyl sites for hydroxylation is 1. The van der Waals surface area contributed by atoms with Gasteiger partial charge in [0, 0.05) is 25.5 Å². The van der Waals surface area contributed by atoms with Gasteiger partial charge in [0.2, 0.25) is 5.91 Å². The van der Waals surface area contributed by atoms with Crippen LogP contribution in [0.4, 0.5) is 11.4 Å². The van der Waals surface area contributed by atoms with Crippen LogP contribution < -0.4 is 16.0 Å². The number of rotatable bonds is 4. The molecule has 0 spiro atoms. The predicted molar refractivity (Wildman–Crippen MR) is 87.5 cm³/mol. The molecule has 0 aliphatic heterocycles. The zero-order chi connectivity index (χ0) is 15.4. The number of nitrogens with zero attached hydrogens (tertiary/aromatic N) is 1. The normalized spacial score (nSPS) is 11.8. The molecule has 0 bridgehead atoms. The molecule has 0 saturated carbocycles. The molecule has 1 amide bonds. The van der Waals surface area contributed by atoms with E-state index in [1.54, 1.807) is 0 Å². The maximum Gasteiger partial charge on any atom is 0.245 e. The van der Waals surface area contributed by atoms with Crippen LogP contribution >= 0.6 is 0 Å². The van der Waals surface area contributed by atoms with Crippen LogP contribution in [0.3, 0.4) is 0 Å². The lowest BCUT2D eigenvalue weighted by Gasteiger charge is -2.18. The molecular formula is C17H21N3O. The van der Waals surface area contributed by atoms with Gasteiger partial charge in [0.1, 0.15) is 6.04 Å². The number of nitrogens with two attached hydrogens (primary N) is 1. The van der Waals surface area contributed by atoms with E-state index in [1.807, 2.05) is 74.4 Å². The third kappa shape index (κ3) is 3.61. The van der Waals surface area contributed by atoms with E-state index in [0.29, 0.717) is 0 Å². The first kappa shape index (κ1) is 15.1. The largest absolute Gasteiger partial charge is 0.377 e. The van der Waals surface area contributed by atoms with Crippen molar-refractivity contribution in [2.24, 2.45) is 5.73 Å². The van der Waals surface area contributed by atoms with Crippen LogP contribution in [-0.2, 0) is 4.79 Å². The van der Waals surface area contributed by atoms with Crippen LogP contribution in [0.15, 0.2) is 48.5 Å². The molecule has 1 atom stereocenters. The Morgan fingerprint density at radius 2 is 1.81 bits per heavy atom.